The van der Waals surface area contributed by atoms with Crippen LogP contribution in [0.3, 0.4) is 0 Å². The van der Waals surface area contributed by atoms with Crippen LogP contribution in [-0.2, 0) is 6.16 Å². The Hall–Kier alpha value is -2.89. The van der Waals surface area contributed by atoms with E-state index in [1.54, 1.807) is 0 Å². The maximum atomic E-state index is 6.08. The summed E-state index contributed by atoms with van der Waals surface area (Å²) in [6.07, 6.45) is 10.1. The first kappa shape index (κ1) is 26.2. The van der Waals surface area contributed by atoms with E-state index in [1.807, 2.05) is 0 Å². The molecule has 0 saturated heterocycles. The van der Waals surface area contributed by atoms with Crippen molar-refractivity contribution in [3.05, 3.63) is 121 Å². The zero-order valence-electron chi connectivity index (χ0n) is 21.7. The number of hydrogen-bond acceptors (Lipinski definition) is 1. The molecule has 0 spiro atoms. The Balaban J connectivity index is 1.52. The summed E-state index contributed by atoms with van der Waals surface area (Å²) in [6.45, 7) is 3.08. The second-order valence-corrected chi connectivity index (χ2v) is 13.1. The van der Waals surface area contributed by atoms with E-state index in [-0.39, 0.29) is 0 Å². The van der Waals surface area contributed by atoms with Crippen molar-refractivity contribution in [1.82, 2.24) is 0 Å². The number of benzene rings is 4. The Morgan fingerprint density at radius 1 is 0.500 bits per heavy atom. The van der Waals surface area contributed by atoms with E-state index in [2.05, 4.69) is 122 Å². The first-order valence-corrected chi connectivity index (χ1v) is 15.6. The van der Waals surface area contributed by atoms with Crippen LogP contribution in [0.2, 0.25) is 0 Å². The fourth-order valence-electron chi connectivity index (χ4n) is 4.98. The normalized spacial score (nSPS) is 11.4. The molecule has 0 bridgehead atoms. The lowest BCUT2D eigenvalue weighted by Gasteiger charge is -2.28. The first-order chi connectivity index (χ1) is 17.8. The van der Waals surface area contributed by atoms with Crippen molar-refractivity contribution in [3.63, 3.8) is 0 Å². The monoisotopic (exact) mass is 495 g/mol. The third-order valence-corrected chi connectivity index (χ3v) is 11.3. The predicted octanol–water partition coefficient (Wildman–Crippen LogP) is 8.31. The molecule has 0 aliphatic carbocycles. The fraction of sp³-hybridized carbons (Fsp3) is 0.294. The van der Waals surface area contributed by atoms with Gasteiger partial charge < -0.3 is 4.74 Å². The topological polar surface area (TPSA) is 9.23 Å². The van der Waals surface area contributed by atoms with Crippen molar-refractivity contribution in [3.8, 4) is 5.75 Å². The quantitative estimate of drug-likeness (QED) is 0.126. The van der Waals surface area contributed by atoms with Gasteiger partial charge in [0.2, 0.25) is 0 Å². The molecule has 36 heavy (non-hydrogen) atoms. The zero-order valence-corrected chi connectivity index (χ0v) is 22.6. The van der Waals surface area contributed by atoms with Crippen molar-refractivity contribution in [2.24, 2.45) is 0 Å². The van der Waals surface area contributed by atoms with Crippen LogP contribution in [0.25, 0.3) is 0 Å². The number of unbranched alkanes of at least 4 members (excludes halogenated alkanes) is 6. The minimum absolute atomic E-state index is 0.808. The van der Waals surface area contributed by atoms with Gasteiger partial charge in [0.15, 0.2) is 0 Å². The van der Waals surface area contributed by atoms with Crippen LogP contribution in [0.15, 0.2) is 115 Å². The summed E-state index contributed by atoms with van der Waals surface area (Å²) in [5.41, 5.74) is 1.35. The second-order valence-electron chi connectivity index (χ2n) is 9.59. The molecule has 0 aromatic heterocycles. The van der Waals surface area contributed by atoms with Crippen molar-refractivity contribution in [2.75, 3.05) is 6.61 Å². The molecule has 0 N–H and O–H groups in total. The highest BCUT2D eigenvalue weighted by Gasteiger charge is 2.45. The predicted molar refractivity (Wildman–Crippen MR) is 159 cm³/mol. The standard InChI is InChI=1S/C34H40OP/c1-2-3-4-5-6-7-17-28-35-31-26-24-30(25-27-31)29-36(32-18-11-8-12-19-32,33-20-13-9-14-21-33)34-22-15-10-16-23-34/h8-16,18-27H,2-7,17,28-29H2,1H3/q+1. The maximum absolute atomic E-state index is 6.08. The summed E-state index contributed by atoms with van der Waals surface area (Å²) < 4.78 is 6.08. The van der Waals surface area contributed by atoms with Gasteiger partial charge in [-0.1, -0.05) is 112 Å². The number of hydrogen-bond donors (Lipinski definition) is 0. The van der Waals surface area contributed by atoms with Gasteiger partial charge in [0.1, 0.15) is 28.9 Å². The molecule has 1 nitrogen and oxygen atoms in total. The molecular weight excluding hydrogens is 455 g/mol. The van der Waals surface area contributed by atoms with Crippen molar-refractivity contribution < 1.29 is 4.74 Å². The van der Waals surface area contributed by atoms with E-state index in [1.165, 1.54) is 60.0 Å². The van der Waals surface area contributed by atoms with Crippen LogP contribution >= 0.6 is 7.26 Å². The summed E-state index contributed by atoms with van der Waals surface area (Å²) in [4.78, 5) is 0. The average Bonchev–Trinajstić information content (AvgIpc) is 2.95. The smallest absolute Gasteiger partial charge is 0.119 e. The molecule has 186 valence electrons. The highest BCUT2D eigenvalue weighted by molar-refractivity contribution is 7.95. The molecule has 4 aromatic carbocycles. The van der Waals surface area contributed by atoms with E-state index < -0.39 is 7.26 Å². The van der Waals surface area contributed by atoms with Gasteiger partial charge in [-0.15, -0.1) is 0 Å². The summed E-state index contributed by atoms with van der Waals surface area (Å²) in [7, 11) is -1.87. The molecule has 0 atom stereocenters. The number of ether oxygens (including phenoxy) is 1. The van der Waals surface area contributed by atoms with E-state index >= 15 is 0 Å². The second kappa shape index (κ2) is 14.0. The van der Waals surface area contributed by atoms with Gasteiger partial charge in [0.05, 0.1) is 12.8 Å². The molecule has 0 aliphatic heterocycles. The maximum Gasteiger partial charge on any atom is 0.119 e. The van der Waals surface area contributed by atoms with Crippen LogP contribution in [0.1, 0.15) is 57.4 Å². The van der Waals surface area contributed by atoms with Crippen LogP contribution in [0, 0.1) is 0 Å². The molecule has 0 amide bonds. The van der Waals surface area contributed by atoms with Crippen molar-refractivity contribution in [1.29, 1.82) is 0 Å². The van der Waals surface area contributed by atoms with Gasteiger partial charge >= 0.3 is 0 Å². The van der Waals surface area contributed by atoms with E-state index in [0.29, 0.717) is 0 Å². The summed E-state index contributed by atoms with van der Waals surface area (Å²) in [6, 6.07) is 42.1. The van der Waals surface area contributed by atoms with E-state index in [0.717, 1.165) is 24.9 Å². The van der Waals surface area contributed by atoms with Gasteiger partial charge in [-0.3, -0.25) is 0 Å². The average molecular weight is 496 g/mol. The minimum Gasteiger partial charge on any atom is -0.494 e. The molecule has 0 heterocycles. The summed E-state index contributed by atoms with van der Waals surface area (Å²) in [5.74, 6) is 0.979. The van der Waals surface area contributed by atoms with Gasteiger partial charge in [0.25, 0.3) is 0 Å². The van der Waals surface area contributed by atoms with Crippen molar-refractivity contribution >= 4 is 23.2 Å². The Morgan fingerprint density at radius 2 is 0.944 bits per heavy atom. The Morgan fingerprint density at radius 3 is 1.42 bits per heavy atom. The largest absolute Gasteiger partial charge is 0.494 e. The number of rotatable bonds is 14. The molecular formula is C34H40OP+. The zero-order chi connectivity index (χ0) is 24.9. The van der Waals surface area contributed by atoms with Gasteiger partial charge in [-0.05, 0) is 60.5 Å². The minimum atomic E-state index is -1.87. The van der Waals surface area contributed by atoms with E-state index in [4.69, 9.17) is 4.74 Å². The lowest BCUT2D eigenvalue weighted by Crippen LogP contribution is -2.32. The SMILES string of the molecule is CCCCCCCCCOc1ccc(C[P+](c2ccccc2)(c2ccccc2)c2ccccc2)cc1. The summed E-state index contributed by atoms with van der Waals surface area (Å²) >= 11 is 0. The van der Waals surface area contributed by atoms with Crippen LogP contribution in [0.4, 0.5) is 0 Å². The van der Waals surface area contributed by atoms with Gasteiger partial charge in [-0.25, -0.2) is 0 Å². The molecule has 0 saturated carbocycles. The lowest BCUT2D eigenvalue weighted by molar-refractivity contribution is 0.304. The molecule has 0 unspecified atom stereocenters. The van der Waals surface area contributed by atoms with Crippen molar-refractivity contribution in [2.45, 2.75) is 58.0 Å². The third kappa shape index (κ3) is 6.86. The molecule has 4 rings (SSSR count). The highest BCUT2D eigenvalue weighted by atomic mass is 31.2. The molecule has 0 aliphatic rings. The third-order valence-electron chi connectivity index (χ3n) is 6.95. The molecule has 2 heteroatoms. The Labute approximate surface area is 218 Å². The fourth-order valence-corrected chi connectivity index (χ4v) is 9.23. The Kier molecular flexibility index (Phi) is 10.2. The highest BCUT2D eigenvalue weighted by Crippen LogP contribution is 2.58. The molecule has 0 fully saturated rings. The first-order valence-electron chi connectivity index (χ1n) is 13.6. The van der Waals surface area contributed by atoms with Gasteiger partial charge in [-0.2, -0.15) is 0 Å². The van der Waals surface area contributed by atoms with Crippen LogP contribution < -0.4 is 20.7 Å². The summed E-state index contributed by atoms with van der Waals surface area (Å²) in [5, 5.41) is 4.25. The molecule has 0 radical (unpaired) electrons. The van der Waals surface area contributed by atoms with Crippen LogP contribution in [-0.4, -0.2) is 6.61 Å². The lowest BCUT2D eigenvalue weighted by atomic mass is 10.1. The molecule has 4 aromatic rings. The Bertz CT molecular complexity index is 1030. The van der Waals surface area contributed by atoms with E-state index in [9.17, 15) is 0 Å². The van der Waals surface area contributed by atoms with Gasteiger partial charge in [0, 0.05) is 0 Å². The van der Waals surface area contributed by atoms with Crippen LogP contribution in [0.5, 0.6) is 5.75 Å².